The molecule has 0 amide bonds. The number of methoxy groups -OCH3 is 1. The molecule has 8 nitrogen and oxygen atoms in total. The molecule has 0 aliphatic carbocycles. The van der Waals surface area contributed by atoms with Gasteiger partial charge in [-0.25, -0.2) is 9.78 Å². The molecule has 0 saturated heterocycles. The Hall–Kier alpha value is -2.22. The zero-order valence-corrected chi connectivity index (χ0v) is 10.6. The Morgan fingerprint density at radius 2 is 2.32 bits per heavy atom. The number of anilines is 1. The fourth-order valence-corrected chi connectivity index (χ4v) is 1.39. The summed E-state index contributed by atoms with van der Waals surface area (Å²) < 4.78 is 4.50. The lowest BCUT2D eigenvalue weighted by Gasteiger charge is -2.14. The van der Waals surface area contributed by atoms with E-state index >= 15 is 0 Å². The topological polar surface area (TPSA) is 115 Å². The van der Waals surface area contributed by atoms with Crippen LogP contribution >= 0.6 is 0 Å². The Labute approximate surface area is 109 Å². The quantitative estimate of drug-likeness (QED) is 0.449. The number of esters is 1. The molecule has 0 aliphatic heterocycles. The predicted molar refractivity (Wildman–Crippen MR) is 67.0 cm³/mol. The first-order valence-electron chi connectivity index (χ1n) is 5.64. The van der Waals surface area contributed by atoms with E-state index in [9.17, 15) is 14.9 Å². The number of rotatable bonds is 6. The summed E-state index contributed by atoms with van der Waals surface area (Å²) in [5.41, 5.74) is -0.303. The number of aliphatic hydroxyl groups is 1. The van der Waals surface area contributed by atoms with Gasteiger partial charge in [-0.2, -0.15) is 0 Å². The molecule has 19 heavy (non-hydrogen) atoms. The molecule has 0 aliphatic rings. The highest BCUT2D eigenvalue weighted by atomic mass is 16.6. The fraction of sp³-hybridized carbons (Fsp3) is 0.455. The molecular weight excluding hydrogens is 254 g/mol. The van der Waals surface area contributed by atoms with Gasteiger partial charge in [-0.1, -0.05) is 6.92 Å². The van der Waals surface area contributed by atoms with Crippen LogP contribution in [0.4, 0.5) is 11.5 Å². The van der Waals surface area contributed by atoms with E-state index in [0.29, 0.717) is 6.42 Å². The average molecular weight is 269 g/mol. The second-order valence-corrected chi connectivity index (χ2v) is 3.74. The lowest BCUT2D eigenvalue weighted by atomic mass is 10.2. The Kier molecular flexibility index (Phi) is 5.19. The smallest absolute Gasteiger partial charge is 0.356 e. The van der Waals surface area contributed by atoms with Crippen molar-refractivity contribution in [2.24, 2.45) is 0 Å². The predicted octanol–water partition coefficient (Wildman–Crippen LogP) is 0.959. The van der Waals surface area contributed by atoms with E-state index in [4.69, 9.17) is 5.11 Å². The third kappa shape index (κ3) is 3.62. The average Bonchev–Trinajstić information content (AvgIpc) is 2.43. The summed E-state index contributed by atoms with van der Waals surface area (Å²) in [5.74, 6) is -0.746. The van der Waals surface area contributed by atoms with Crippen LogP contribution in [0.5, 0.6) is 0 Å². The van der Waals surface area contributed by atoms with Crippen molar-refractivity contribution in [3.8, 4) is 0 Å². The molecule has 1 aromatic heterocycles. The van der Waals surface area contributed by atoms with Gasteiger partial charge in [-0.15, -0.1) is 0 Å². The zero-order chi connectivity index (χ0) is 14.4. The van der Waals surface area contributed by atoms with Gasteiger partial charge in [0.2, 0.25) is 5.82 Å². The first-order chi connectivity index (χ1) is 9.03. The minimum Gasteiger partial charge on any atom is -0.464 e. The normalized spacial score (nSPS) is 11.7. The minimum atomic E-state index is -0.685. The summed E-state index contributed by atoms with van der Waals surface area (Å²) in [6.45, 7) is 1.61. The van der Waals surface area contributed by atoms with Gasteiger partial charge in [0.05, 0.1) is 24.7 Å². The summed E-state index contributed by atoms with van der Waals surface area (Å²) in [4.78, 5) is 25.5. The van der Waals surface area contributed by atoms with Crippen LogP contribution in [0.3, 0.4) is 0 Å². The zero-order valence-electron chi connectivity index (χ0n) is 10.6. The van der Waals surface area contributed by atoms with Gasteiger partial charge in [-0.3, -0.25) is 10.1 Å². The van der Waals surface area contributed by atoms with E-state index in [0.717, 1.165) is 0 Å². The van der Waals surface area contributed by atoms with Crippen LogP contribution in [0.1, 0.15) is 23.8 Å². The van der Waals surface area contributed by atoms with Gasteiger partial charge in [-0.05, 0) is 12.5 Å². The van der Waals surface area contributed by atoms with Gasteiger partial charge >= 0.3 is 11.7 Å². The molecule has 1 aromatic rings. The Morgan fingerprint density at radius 3 is 2.79 bits per heavy atom. The number of nitro groups is 1. The number of hydrogen-bond donors (Lipinski definition) is 2. The number of ether oxygens (including phenoxy) is 1. The number of carbonyl (C=O) groups excluding carboxylic acids is 1. The molecule has 1 unspecified atom stereocenters. The Morgan fingerprint density at radius 1 is 1.63 bits per heavy atom. The highest BCUT2D eigenvalue weighted by Gasteiger charge is 2.20. The van der Waals surface area contributed by atoms with Crippen LogP contribution in [0.2, 0.25) is 0 Å². The van der Waals surface area contributed by atoms with E-state index in [-0.39, 0.29) is 29.8 Å². The lowest BCUT2D eigenvalue weighted by Crippen LogP contribution is -2.24. The first kappa shape index (κ1) is 14.8. The van der Waals surface area contributed by atoms with Crippen LogP contribution < -0.4 is 5.32 Å². The summed E-state index contributed by atoms with van der Waals surface area (Å²) in [5, 5.41) is 22.7. The minimum absolute atomic E-state index is 0.0385. The van der Waals surface area contributed by atoms with Gasteiger partial charge < -0.3 is 15.2 Å². The molecule has 0 saturated carbocycles. The number of hydrogen-bond acceptors (Lipinski definition) is 7. The maximum atomic E-state index is 11.3. The SMILES string of the molecule is CCC(CO)Nc1nc(C(=O)OC)ccc1[N+](=O)[O-]. The molecular formula is C11H15N3O5. The van der Waals surface area contributed by atoms with Crippen molar-refractivity contribution in [3.63, 3.8) is 0 Å². The molecule has 1 atom stereocenters. The van der Waals surface area contributed by atoms with Crippen molar-refractivity contribution in [1.29, 1.82) is 0 Å². The van der Waals surface area contributed by atoms with Crippen molar-refractivity contribution in [3.05, 3.63) is 27.9 Å². The standard InChI is InChI=1S/C11H15N3O5/c1-3-7(6-15)12-10-9(14(17)18)5-4-8(13-10)11(16)19-2/h4-5,7,15H,3,6H2,1-2H3,(H,12,13). The number of aliphatic hydroxyl groups excluding tert-OH is 1. The second-order valence-electron chi connectivity index (χ2n) is 3.74. The number of pyridine rings is 1. The van der Waals surface area contributed by atoms with E-state index in [2.05, 4.69) is 15.0 Å². The molecule has 0 spiro atoms. The molecule has 1 heterocycles. The monoisotopic (exact) mass is 269 g/mol. The van der Waals surface area contributed by atoms with Gasteiger partial charge in [0.25, 0.3) is 0 Å². The summed E-state index contributed by atoms with van der Waals surface area (Å²) in [6, 6.07) is 2.01. The number of aromatic nitrogens is 1. The number of nitrogens with zero attached hydrogens (tertiary/aromatic N) is 2. The highest BCUT2D eigenvalue weighted by molar-refractivity contribution is 5.88. The van der Waals surface area contributed by atoms with Crippen LogP contribution in [-0.4, -0.2) is 40.7 Å². The third-order valence-electron chi connectivity index (χ3n) is 2.52. The van der Waals surface area contributed by atoms with Crippen molar-refractivity contribution in [2.75, 3.05) is 19.0 Å². The fourth-order valence-electron chi connectivity index (χ4n) is 1.39. The second kappa shape index (κ2) is 6.64. The molecule has 8 heteroatoms. The molecule has 0 radical (unpaired) electrons. The van der Waals surface area contributed by atoms with Crippen LogP contribution in [0.25, 0.3) is 0 Å². The first-order valence-corrected chi connectivity index (χ1v) is 5.64. The van der Waals surface area contributed by atoms with E-state index in [1.807, 2.05) is 6.92 Å². The van der Waals surface area contributed by atoms with Crippen molar-refractivity contribution in [2.45, 2.75) is 19.4 Å². The lowest BCUT2D eigenvalue weighted by molar-refractivity contribution is -0.384. The maximum absolute atomic E-state index is 11.3. The van der Waals surface area contributed by atoms with Gasteiger partial charge in [0, 0.05) is 6.07 Å². The summed E-state index contributed by atoms with van der Waals surface area (Å²) in [7, 11) is 1.20. The highest BCUT2D eigenvalue weighted by Crippen LogP contribution is 2.23. The van der Waals surface area contributed by atoms with Crippen LogP contribution in [-0.2, 0) is 4.74 Å². The van der Waals surface area contributed by atoms with E-state index in [1.54, 1.807) is 0 Å². The van der Waals surface area contributed by atoms with E-state index in [1.165, 1.54) is 19.2 Å². The maximum Gasteiger partial charge on any atom is 0.356 e. The van der Waals surface area contributed by atoms with Crippen LogP contribution in [0.15, 0.2) is 12.1 Å². The largest absolute Gasteiger partial charge is 0.464 e. The molecule has 0 fully saturated rings. The van der Waals surface area contributed by atoms with Crippen molar-refractivity contribution < 1.29 is 19.6 Å². The number of nitrogens with one attached hydrogen (secondary N) is 1. The molecule has 2 N–H and O–H groups in total. The van der Waals surface area contributed by atoms with Crippen molar-refractivity contribution in [1.82, 2.24) is 4.98 Å². The summed E-state index contributed by atoms with van der Waals surface area (Å²) >= 11 is 0. The molecule has 0 aromatic carbocycles. The third-order valence-corrected chi connectivity index (χ3v) is 2.52. The molecule has 104 valence electrons. The van der Waals surface area contributed by atoms with E-state index < -0.39 is 10.9 Å². The van der Waals surface area contributed by atoms with Gasteiger partial charge in [0.15, 0.2) is 5.69 Å². The molecule has 1 rings (SSSR count). The van der Waals surface area contributed by atoms with Gasteiger partial charge in [0.1, 0.15) is 0 Å². The number of carbonyl (C=O) groups is 1. The Balaban J connectivity index is 3.15. The molecule has 0 bridgehead atoms. The van der Waals surface area contributed by atoms with Crippen molar-refractivity contribution >= 4 is 17.5 Å². The summed E-state index contributed by atoms with van der Waals surface area (Å²) in [6.07, 6.45) is 0.553. The van der Waals surface area contributed by atoms with Crippen LogP contribution in [0, 0.1) is 10.1 Å². The Bertz CT molecular complexity index is 473.